The van der Waals surface area contributed by atoms with E-state index >= 15 is 0 Å². The first-order valence-corrected chi connectivity index (χ1v) is 8.18. The van der Waals surface area contributed by atoms with Crippen molar-refractivity contribution in [3.63, 3.8) is 0 Å². The van der Waals surface area contributed by atoms with Crippen LogP contribution in [0.15, 0.2) is 18.3 Å². The van der Waals surface area contributed by atoms with Crippen molar-refractivity contribution in [2.75, 3.05) is 19.7 Å². The minimum atomic E-state index is -0.182. The van der Waals surface area contributed by atoms with Gasteiger partial charge in [0.05, 0.1) is 6.61 Å². The number of carbonyl (C=O) groups is 1. The van der Waals surface area contributed by atoms with E-state index in [-0.39, 0.29) is 6.09 Å². The summed E-state index contributed by atoms with van der Waals surface area (Å²) in [6.45, 7) is 8.13. The fraction of sp³-hybridized carbons (Fsp3) is 0.647. The molecule has 122 valence electrons. The Kier molecular flexibility index (Phi) is 6.19. The standard InChI is InChI=1S/C17H27N3O2/c1-4-22-17(21)20-10-7-15(8-11-20)19-14(3)12-16-13(2)6-5-9-18-16/h5-6,9,14-15,19H,4,7-8,10-12H2,1-3H3/t14-/m0/s1. The van der Waals surface area contributed by atoms with Crippen LogP contribution in [0, 0.1) is 6.92 Å². The predicted octanol–water partition coefficient (Wildman–Crippen LogP) is 2.53. The Morgan fingerprint density at radius 3 is 2.86 bits per heavy atom. The first-order chi connectivity index (χ1) is 10.6. The van der Waals surface area contributed by atoms with Gasteiger partial charge in [-0.2, -0.15) is 0 Å². The van der Waals surface area contributed by atoms with Gasteiger partial charge in [-0.3, -0.25) is 4.98 Å². The molecule has 0 aromatic carbocycles. The Hall–Kier alpha value is -1.62. The van der Waals surface area contributed by atoms with E-state index in [0.29, 0.717) is 18.7 Å². The number of piperidine rings is 1. The molecule has 2 rings (SSSR count). The summed E-state index contributed by atoms with van der Waals surface area (Å²) in [7, 11) is 0. The Labute approximate surface area is 133 Å². The van der Waals surface area contributed by atoms with E-state index in [4.69, 9.17) is 4.74 Å². The number of likely N-dealkylation sites (tertiary alicyclic amines) is 1. The average molecular weight is 305 g/mol. The molecule has 5 nitrogen and oxygen atoms in total. The monoisotopic (exact) mass is 305 g/mol. The molecular weight excluding hydrogens is 278 g/mol. The van der Waals surface area contributed by atoms with Crippen molar-refractivity contribution < 1.29 is 9.53 Å². The molecule has 0 radical (unpaired) electrons. The highest BCUT2D eigenvalue weighted by atomic mass is 16.6. The number of aromatic nitrogens is 1. The third kappa shape index (κ3) is 4.70. The van der Waals surface area contributed by atoms with Crippen LogP contribution in [0.1, 0.15) is 37.9 Å². The summed E-state index contributed by atoms with van der Waals surface area (Å²) in [5, 5.41) is 3.67. The SMILES string of the molecule is CCOC(=O)N1CCC(N[C@@H](C)Cc2ncccc2C)CC1. The Morgan fingerprint density at radius 1 is 1.50 bits per heavy atom. The number of aryl methyl sites for hydroxylation is 1. The smallest absolute Gasteiger partial charge is 0.409 e. The fourth-order valence-corrected chi connectivity index (χ4v) is 2.93. The second-order valence-corrected chi connectivity index (χ2v) is 6.00. The predicted molar refractivity (Wildman–Crippen MR) is 86.9 cm³/mol. The maximum atomic E-state index is 11.7. The van der Waals surface area contributed by atoms with Gasteiger partial charge in [-0.15, -0.1) is 0 Å². The molecule has 0 spiro atoms. The number of amides is 1. The lowest BCUT2D eigenvalue weighted by molar-refractivity contribution is 0.0944. The van der Waals surface area contributed by atoms with Crippen LogP contribution in [0.2, 0.25) is 0 Å². The fourth-order valence-electron chi connectivity index (χ4n) is 2.93. The second kappa shape index (κ2) is 8.13. The van der Waals surface area contributed by atoms with Gasteiger partial charge in [-0.25, -0.2) is 4.79 Å². The number of rotatable bonds is 5. The zero-order valence-electron chi connectivity index (χ0n) is 13.8. The summed E-state index contributed by atoms with van der Waals surface area (Å²) in [4.78, 5) is 17.9. The number of carbonyl (C=O) groups excluding carboxylic acids is 1. The lowest BCUT2D eigenvalue weighted by Gasteiger charge is -2.33. The van der Waals surface area contributed by atoms with E-state index < -0.39 is 0 Å². The molecule has 0 bridgehead atoms. The third-order valence-electron chi connectivity index (χ3n) is 4.16. The topological polar surface area (TPSA) is 54.5 Å². The molecule has 1 aliphatic rings. The van der Waals surface area contributed by atoms with Gasteiger partial charge in [-0.05, 0) is 45.2 Å². The van der Waals surface area contributed by atoms with Crippen LogP contribution in [0.5, 0.6) is 0 Å². The minimum absolute atomic E-state index is 0.182. The van der Waals surface area contributed by atoms with E-state index in [1.807, 2.05) is 19.2 Å². The molecule has 1 atom stereocenters. The van der Waals surface area contributed by atoms with Crippen LogP contribution >= 0.6 is 0 Å². The summed E-state index contributed by atoms with van der Waals surface area (Å²) in [6, 6.07) is 4.92. The van der Waals surface area contributed by atoms with Crippen molar-refractivity contribution in [1.82, 2.24) is 15.2 Å². The molecule has 1 aromatic heterocycles. The normalized spacial score (nSPS) is 17.3. The summed E-state index contributed by atoms with van der Waals surface area (Å²) in [6.07, 6.45) is 4.56. The molecule has 0 unspecified atom stereocenters. The number of pyridine rings is 1. The van der Waals surface area contributed by atoms with Gasteiger partial charge >= 0.3 is 6.09 Å². The van der Waals surface area contributed by atoms with Crippen LogP contribution < -0.4 is 5.32 Å². The van der Waals surface area contributed by atoms with Crippen molar-refractivity contribution >= 4 is 6.09 Å². The summed E-state index contributed by atoms with van der Waals surface area (Å²) < 4.78 is 5.05. The van der Waals surface area contributed by atoms with Gasteiger partial charge < -0.3 is 15.0 Å². The Bertz CT molecular complexity index is 485. The molecule has 1 N–H and O–H groups in total. The number of nitrogens with one attached hydrogen (secondary N) is 1. The molecule has 0 saturated carbocycles. The van der Waals surface area contributed by atoms with Gasteiger partial charge in [0.1, 0.15) is 0 Å². The highest BCUT2D eigenvalue weighted by molar-refractivity contribution is 5.67. The average Bonchev–Trinajstić information content (AvgIpc) is 2.50. The third-order valence-corrected chi connectivity index (χ3v) is 4.16. The number of hydrogen-bond acceptors (Lipinski definition) is 4. The molecular formula is C17H27N3O2. The maximum absolute atomic E-state index is 11.7. The van der Waals surface area contributed by atoms with Crippen LogP contribution in [0.3, 0.4) is 0 Å². The minimum Gasteiger partial charge on any atom is -0.450 e. The molecule has 1 aliphatic heterocycles. The summed E-state index contributed by atoms with van der Waals surface area (Å²) in [5.41, 5.74) is 2.40. The van der Waals surface area contributed by atoms with Crippen molar-refractivity contribution in [2.45, 2.75) is 52.1 Å². The summed E-state index contributed by atoms with van der Waals surface area (Å²) in [5.74, 6) is 0. The first kappa shape index (κ1) is 16.7. The van der Waals surface area contributed by atoms with Gasteiger partial charge in [0.25, 0.3) is 0 Å². The van der Waals surface area contributed by atoms with Gasteiger partial charge in [0.15, 0.2) is 0 Å². The molecule has 22 heavy (non-hydrogen) atoms. The molecule has 1 saturated heterocycles. The molecule has 1 fully saturated rings. The van der Waals surface area contributed by atoms with Crippen LogP contribution in [0.4, 0.5) is 4.79 Å². The van der Waals surface area contributed by atoms with E-state index in [0.717, 1.165) is 38.0 Å². The van der Waals surface area contributed by atoms with Crippen LogP contribution in [-0.2, 0) is 11.2 Å². The van der Waals surface area contributed by atoms with E-state index in [1.54, 1.807) is 4.90 Å². The Morgan fingerprint density at radius 2 is 2.23 bits per heavy atom. The quantitative estimate of drug-likeness (QED) is 0.908. The number of hydrogen-bond donors (Lipinski definition) is 1. The van der Waals surface area contributed by atoms with Crippen molar-refractivity contribution in [2.24, 2.45) is 0 Å². The maximum Gasteiger partial charge on any atom is 0.409 e. The lowest BCUT2D eigenvalue weighted by Crippen LogP contribution is -2.47. The van der Waals surface area contributed by atoms with E-state index in [2.05, 4.69) is 30.2 Å². The molecule has 5 heteroatoms. The van der Waals surface area contributed by atoms with Gasteiger partial charge in [0.2, 0.25) is 0 Å². The van der Waals surface area contributed by atoms with Crippen LogP contribution in [0.25, 0.3) is 0 Å². The highest BCUT2D eigenvalue weighted by Crippen LogP contribution is 2.13. The van der Waals surface area contributed by atoms with Gasteiger partial charge in [-0.1, -0.05) is 6.07 Å². The number of nitrogens with zero attached hydrogens (tertiary/aromatic N) is 2. The lowest BCUT2D eigenvalue weighted by atomic mass is 10.0. The van der Waals surface area contributed by atoms with Crippen LogP contribution in [-0.4, -0.2) is 47.8 Å². The summed E-state index contributed by atoms with van der Waals surface area (Å²) >= 11 is 0. The molecule has 2 heterocycles. The zero-order valence-corrected chi connectivity index (χ0v) is 13.8. The molecule has 1 amide bonds. The van der Waals surface area contributed by atoms with Crippen molar-refractivity contribution in [1.29, 1.82) is 0 Å². The molecule has 1 aromatic rings. The van der Waals surface area contributed by atoms with E-state index in [9.17, 15) is 4.79 Å². The van der Waals surface area contributed by atoms with Crippen molar-refractivity contribution in [3.05, 3.63) is 29.6 Å². The van der Waals surface area contributed by atoms with Crippen molar-refractivity contribution in [3.8, 4) is 0 Å². The second-order valence-electron chi connectivity index (χ2n) is 6.00. The largest absolute Gasteiger partial charge is 0.450 e. The van der Waals surface area contributed by atoms with E-state index in [1.165, 1.54) is 5.56 Å². The zero-order chi connectivity index (χ0) is 15.9. The molecule has 0 aliphatic carbocycles. The van der Waals surface area contributed by atoms with Gasteiger partial charge in [0, 0.05) is 43.5 Å². The highest BCUT2D eigenvalue weighted by Gasteiger charge is 2.24. The number of ether oxygens (including phenoxy) is 1. The first-order valence-electron chi connectivity index (χ1n) is 8.18. The Balaban J connectivity index is 1.76.